The molecule has 1 unspecified atom stereocenters. The zero-order chi connectivity index (χ0) is 10.8. The van der Waals surface area contributed by atoms with Gasteiger partial charge in [-0.25, -0.2) is 0 Å². The van der Waals surface area contributed by atoms with Crippen LogP contribution in [0.4, 0.5) is 0 Å². The summed E-state index contributed by atoms with van der Waals surface area (Å²) < 4.78 is 1.19. The van der Waals surface area contributed by atoms with Crippen LogP contribution in [0.25, 0.3) is 0 Å². The summed E-state index contributed by atoms with van der Waals surface area (Å²) in [5.74, 6) is 0. The Morgan fingerprint density at radius 2 is 2.13 bits per heavy atom. The first kappa shape index (κ1) is 11.1. The largest absolute Gasteiger partial charge is 0.252 e. The molecule has 1 aromatic carbocycles. The minimum Gasteiger partial charge on any atom is -0.252 e. The molecule has 0 spiro atoms. The number of hydrazine groups is 1. The second-order valence-corrected chi connectivity index (χ2v) is 5.29. The minimum absolute atomic E-state index is 0.591. The molecule has 0 radical (unpaired) electrons. The van der Waals surface area contributed by atoms with Crippen LogP contribution in [0.5, 0.6) is 0 Å². The molecule has 2 nitrogen and oxygen atoms in total. The van der Waals surface area contributed by atoms with Crippen LogP contribution < -0.4 is 5.43 Å². The summed E-state index contributed by atoms with van der Waals surface area (Å²) in [6, 6.07) is 7.22. The van der Waals surface area contributed by atoms with Gasteiger partial charge in [-0.05, 0) is 42.5 Å². The number of hydrogen-bond acceptors (Lipinski definition) is 2. The first-order chi connectivity index (χ1) is 7.15. The summed E-state index contributed by atoms with van der Waals surface area (Å²) in [5.41, 5.74) is 6.45. The number of rotatable bonds is 2. The van der Waals surface area contributed by atoms with Crippen molar-refractivity contribution >= 4 is 15.9 Å². The van der Waals surface area contributed by atoms with Crippen LogP contribution in [-0.2, 0) is 12.8 Å². The van der Waals surface area contributed by atoms with Crippen molar-refractivity contribution in [2.24, 2.45) is 0 Å². The fourth-order valence-electron chi connectivity index (χ4n) is 2.20. The van der Waals surface area contributed by atoms with Crippen LogP contribution in [0.3, 0.4) is 0 Å². The van der Waals surface area contributed by atoms with Gasteiger partial charge in [-0.2, -0.15) is 0 Å². The van der Waals surface area contributed by atoms with Gasteiger partial charge in [-0.15, -0.1) is 0 Å². The second-order valence-electron chi connectivity index (χ2n) is 4.38. The molecule has 1 aromatic rings. The number of fused-ring (bicyclic) bond motifs is 1. The van der Waals surface area contributed by atoms with Crippen molar-refractivity contribution < 1.29 is 0 Å². The number of nitrogens with one attached hydrogen (secondary N) is 1. The zero-order valence-electron chi connectivity index (χ0n) is 9.26. The van der Waals surface area contributed by atoms with Crippen molar-refractivity contribution in [2.75, 3.05) is 14.1 Å². The number of hydrogen-bond donors (Lipinski definition) is 1. The van der Waals surface area contributed by atoms with E-state index in [9.17, 15) is 0 Å². The second kappa shape index (κ2) is 4.64. The zero-order valence-corrected chi connectivity index (χ0v) is 10.8. The van der Waals surface area contributed by atoms with Crippen molar-refractivity contribution in [3.63, 3.8) is 0 Å². The molecule has 0 amide bonds. The van der Waals surface area contributed by atoms with Gasteiger partial charge in [0.25, 0.3) is 0 Å². The maximum Gasteiger partial charge on any atom is 0.0258 e. The Kier molecular flexibility index (Phi) is 3.44. The summed E-state index contributed by atoms with van der Waals surface area (Å²) >= 11 is 3.52. The van der Waals surface area contributed by atoms with E-state index >= 15 is 0 Å². The molecule has 0 fully saturated rings. The van der Waals surface area contributed by atoms with E-state index in [1.165, 1.54) is 28.4 Å². The Morgan fingerprint density at radius 1 is 1.33 bits per heavy atom. The lowest BCUT2D eigenvalue weighted by molar-refractivity contribution is 0.228. The van der Waals surface area contributed by atoms with E-state index in [2.05, 4.69) is 58.7 Å². The molecule has 1 aliphatic carbocycles. The molecule has 0 saturated carbocycles. The fraction of sp³-hybridized carbons (Fsp3) is 0.500. The van der Waals surface area contributed by atoms with E-state index in [1.54, 1.807) is 0 Å². The van der Waals surface area contributed by atoms with Gasteiger partial charge in [0.05, 0.1) is 0 Å². The van der Waals surface area contributed by atoms with Crippen LogP contribution in [-0.4, -0.2) is 25.1 Å². The number of halogens is 1. The number of nitrogens with zero attached hydrogens (tertiary/aromatic N) is 1. The van der Waals surface area contributed by atoms with E-state index < -0.39 is 0 Å². The van der Waals surface area contributed by atoms with E-state index in [4.69, 9.17) is 0 Å². The summed E-state index contributed by atoms with van der Waals surface area (Å²) in [4.78, 5) is 0. The summed E-state index contributed by atoms with van der Waals surface area (Å²) in [6.07, 6.45) is 3.54. The molecule has 82 valence electrons. The lowest BCUT2D eigenvalue weighted by Gasteiger charge is -2.28. The molecule has 0 aromatic heterocycles. The summed E-state index contributed by atoms with van der Waals surface area (Å²) in [6.45, 7) is 0. The smallest absolute Gasteiger partial charge is 0.0258 e. The van der Waals surface area contributed by atoms with Crippen LogP contribution in [0.1, 0.15) is 17.5 Å². The molecule has 0 heterocycles. The maximum absolute atomic E-state index is 3.52. The first-order valence-corrected chi connectivity index (χ1v) is 6.15. The SMILES string of the molecule is CN(C)NC1CCc2cc(Br)ccc2C1. The average Bonchev–Trinajstić information content (AvgIpc) is 2.17. The van der Waals surface area contributed by atoms with Crippen LogP contribution in [0, 0.1) is 0 Å². The van der Waals surface area contributed by atoms with Crippen molar-refractivity contribution in [1.29, 1.82) is 0 Å². The predicted molar refractivity (Wildman–Crippen MR) is 66.8 cm³/mol. The molecule has 0 aliphatic heterocycles. The Balaban J connectivity index is 2.10. The third-order valence-corrected chi connectivity index (χ3v) is 3.33. The molecule has 2 rings (SSSR count). The highest BCUT2D eigenvalue weighted by molar-refractivity contribution is 9.10. The van der Waals surface area contributed by atoms with Crippen molar-refractivity contribution in [1.82, 2.24) is 10.4 Å². The highest BCUT2D eigenvalue weighted by atomic mass is 79.9. The molecule has 0 bridgehead atoms. The van der Waals surface area contributed by atoms with Crippen LogP contribution in [0.2, 0.25) is 0 Å². The molecule has 0 saturated heterocycles. The molecule has 1 atom stereocenters. The summed E-state index contributed by atoms with van der Waals surface area (Å²) in [7, 11) is 4.11. The number of benzene rings is 1. The highest BCUT2D eigenvalue weighted by Crippen LogP contribution is 2.24. The molecule has 15 heavy (non-hydrogen) atoms. The predicted octanol–water partition coefficient (Wildman–Crippen LogP) is 2.37. The Hall–Kier alpha value is -0.380. The monoisotopic (exact) mass is 268 g/mol. The van der Waals surface area contributed by atoms with Gasteiger partial charge < -0.3 is 0 Å². The van der Waals surface area contributed by atoms with Crippen LogP contribution >= 0.6 is 15.9 Å². The van der Waals surface area contributed by atoms with Gasteiger partial charge >= 0.3 is 0 Å². The van der Waals surface area contributed by atoms with E-state index in [0.29, 0.717) is 6.04 Å². The van der Waals surface area contributed by atoms with E-state index in [0.717, 1.165) is 6.42 Å². The first-order valence-electron chi connectivity index (χ1n) is 5.36. The molecule has 1 aliphatic rings. The third kappa shape index (κ3) is 2.80. The van der Waals surface area contributed by atoms with Gasteiger partial charge in [-0.1, -0.05) is 22.0 Å². The number of aryl methyl sites for hydroxylation is 1. The van der Waals surface area contributed by atoms with Gasteiger partial charge in [0.1, 0.15) is 0 Å². The Labute approximate surface area is 99.8 Å². The third-order valence-electron chi connectivity index (χ3n) is 2.84. The quantitative estimate of drug-likeness (QED) is 0.829. The topological polar surface area (TPSA) is 15.3 Å². The van der Waals surface area contributed by atoms with E-state index in [1.807, 2.05) is 0 Å². The highest BCUT2D eigenvalue weighted by Gasteiger charge is 2.18. The fourth-order valence-corrected chi connectivity index (χ4v) is 2.61. The lowest BCUT2D eigenvalue weighted by atomic mass is 9.89. The molecular weight excluding hydrogens is 252 g/mol. The van der Waals surface area contributed by atoms with Crippen LogP contribution in [0.15, 0.2) is 22.7 Å². The normalized spacial score (nSPS) is 20.4. The average molecular weight is 269 g/mol. The maximum atomic E-state index is 3.52. The Bertz CT molecular complexity index is 349. The van der Waals surface area contributed by atoms with Crippen molar-refractivity contribution in [3.05, 3.63) is 33.8 Å². The summed E-state index contributed by atoms with van der Waals surface area (Å²) in [5, 5.41) is 2.05. The molecule has 1 N–H and O–H groups in total. The van der Waals surface area contributed by atoms with Crippen molar-refractivity contribution in [2.45, 2.75) is 25.3 Å². The molecular formula is C12H17BrN2. The molecule has 3 heteroatoms. The van der Waals surface area contributed by atoms with Gasteiger partial charge in [0, 0.05) is 24.6 Å². The van der Waals surface area contributed by atoms with Gasteiger partial charge in [-0.3, -0.25) is 10.4 Å². The minimum atomic E-state index is 0.591. The van der Waals surface area contributed by atoms with Gasteiger partial charge in [0.15, 0.2) is 0 Å². The standard InChI is InChI=1S/C12H17BrN2/c1-15(2)14-12-6-4-9-7-11(13)5-3-10(9)8-12/h3,5,7,12,14H,4,6,8H2,1-2H3. The lowest BCUT2D eigenvalue weighted by Crippen LogP contribution is -2.42. The Morgan fingerprint density at radius 3 is 2.87 bits per heavy atom. The van der Waals surface area contributed by atoms with Gasteiger partial charge in [0.2, 0.25) is 0 Å². The van der Waals surface area contributed by atoms with E-state index in [-0.39, 0.29) is 0 Å². The van der Waals surface area contributed by atoms with Crippen molar-refractivity contribution in [3.8, 4) is 0 Å².